The topological polar surface area (TPSA) is 128 Å². The van der Waals surface area contributed by atoms with Gasteiger partial charge in [0.15, 0.2) is 6.61 Å². The molecule has 2 rings (SSSR count). The summed E-state index contributed by atoms with van der Waals surface area (Å²) in [6.45, 7) is -0.680. The van der Waals surface area contributed by atoms with Crippen LogP contribution in [-0.2, 0) is 14.3 Å². The van der Waals surface area contributed by atoms with E-state index in [2.05, 4.69) is 10.2 Å². The molecular formula is C18H14FN3O6. The highest BCUT2D eigenvalue weighted by Gasteiger charge is 2.11. The molecular weight excluding hydrogens is 373 g/mol. The first-order chi connectivity index (χ1) is 13.4. The van der Waals surface area contributed by atoms with Crippen LogP contribution in [-0.4, -0.2) is 29.3 Å². The Hall–Kier alpha value is -4.08. The third-order valence-electron chi connectivity index (χ3n) is 3.31. The molecule has 0 bridgehead atoms. The van der Waals surface area contributed by atoms with Crippen LogP contribution in [0.2, 0.25) is 0 Å². The number of esters is 1. The molecule has 144 valence electrons. The molecule has 2 aromatic carbocycles. The van der Waals surface area contributed by atoms with Gasteiger partial charge in [-0.1, -0.05) is 18.2 Å². The number of benzene rings is 2. The number of nitrogens with one attached hydrogen (secondary N) is 2. The van der Waals surface area contributed by atoms with Gasteiger partial charge >= 0.3 is 5.97 Å². The van der Waals surface area contributed by atoms with Crippen molar-refractivity contribution in [2.75, 3.05) is 6.61 Å². The average molecular weight is 387 g/mol. The second-order valence-electron chi connectivity index (χ2n) is 5.27. The fourth-order valence-corrected chi connectivity index (χ4v) is 1.92. The van der Waals surface area contributed by atoms with E-state index in [0.717, 1.165) is 18.2 Å². The van der Waals surface area contributed by atoms with Gasteiger partial charge in [0.05, 0.1) is 4.92 Å². The van der Waals surface area contributed by atoms with Crippen molar-refractivity contribution in [3.8, 4) is 0 Å². The normalized spacial score (nSPS) is 10.3. The molecule has 0 aliphatic carbocycles. The minimum Gasteiger partial charge on any atom is -0.452 e. The Morgan fingerprint density at radius 2 is 1.75 bits per heavy atom. The summed E-state index contributed by atoms with van der Waals surface area (Å²) in [5, 5.41) is 10.6. The van der Waals surface area contributed by atoms with Crippen LogP contribution in [0.4, 0.5) is 10.1 Å². The van der Waals surface area contributed by atoms with E-state index in [9.17, 15) is 28.9 Å². The van der Waals surface area contributed by atoms with E-state index in [1.807, 2.05) is 5.43 Å². The molecule has 0 radical (unpaired) electrons. The summed E-state index contributed by atoms with van der Waals surface area (Å²) in [6, 6.07) is 10.5. The van der Waals surface area contributed by atoms with Crippen LogP contribution in [0.25, 0.3) is 6.08 Å². The van der Waals surface area contributed by atoms with Crippen LogP contribution in [0, 0.1) is 15.9 Å². The molecule has 0 unspecified atom stereocenters. The van der Waals surface area contributed by atoms with E-state index < -0.39 is 35.1 Å². The number of hydrogen-bond donors (Lipinski definition) is 2. The minimum atomic E-state index is -0.875. The Morgan fingerprint density at radius 1 is 1.07 bits per heavy atom. The van der Waals surface area contributed by atoms with E-state index in [4.69, 9.17) is 0 Å². The SMILES string of the molecule is O=C(COC(=O)/C=C/c1ccccc1F)NNC(=O)c1ccc([N+](=O)[O-])cc1. The number of nitro groups is 1. The van der Waals surface area contributed by atoms with Gasteiger partial charge in [-0.2, -0.15) is 0 Å². The van der Waals surface area contributed by atoms with Crippen LogP contribution >= 0.6 is 0 Å². The smallest absolute Gasteiger partial charge is 0.331 e. The lowest BCUT2D eigenvalue weighted by molar-refractivity contribution is -0.384. The Balaban J connectivity index is 1.76. The van der Waals surface area contributed by atoms with Gasteiger partial charge in [-0.05, 0) is 24.3 Å². The predicted octanol–water partition coefficient (Wildman–Crippen LogP) is 1.75. The molecule has 2 N–H and O–H groups in total. The zero-order valence-electron chi connectivity index (χ0n) is 14.3. The number of carbonyl (C=O) groups is 3. The number of carbonyl (C=O) groups excluding carboxylic acids is 3. The van der Waals surface area contributed by atoms with Crippen molar-refractivity contribution >= 4 is 29.5 Å². The van der Waals surface area contributed by atoms with Crippen molar-refractivity contribution in [2.24, 2.45) is 0 Å². The number of halogens is 1. The Labute approximate surface area is 157 Å². The number of amides is 2. The van der Waals surface area contributed by atoms with Gasteiger partial charge < -0.3 is 4.74 Å². The van der Waals surface area contributed by atoms with Crippen LogP contribution in [0.5, 0.6) is 0 Å². The highest BCUT2D eigenvalue weighted by Crippen LogP contribution is 2.11. The van der Waals surface area contributed by atoms with Crippen LogP contribution in [0.1, 0.15) is 15.9 Å². The summed E-state index contributed by atoms with van der Waals surface area (Å²) < 4.78 is 18.0. The highest BCUT2D eigenvalue weighted by atomic mass is 19.1. The lowest BCUT2D eigenvalue weighted by atomic mass is 10.2. The van der Waals surface area contributed by atoms with Gasteiger partial charge in [0.1, 0.15) is 5.82 Å². The molecule has 0 spiro atoms. The molecule has 2 amide bonds. The minimum absolute atomic E-state index is 0.0794. The van der Waals surface area contributed by atoms with Crippen molar-refractivity contribution in [3.05, 3.63) is 81.7 Å². The van der Waals surface area contributed by atoms with E-state index in [0.29, 0.717) is 0 Å². The number of hydrogen-bond acceptors (Lipinski definition) is 6. The number of rotatable bonds is 6. The molecule has 2 aromatic rings. The van der Waals surface area contributed by atoms with E-state index in [1.165, 1.54) is 36.4 Å². The molecule has 9 nitrogen and oxygen atoms in total. The van der Waals surface area contributed by atoms with Crippen molar-refractivity contribution in [2.45, 2.75) is 0 Å². The van der Waals surface area contributed by atoms with Gasteiger partial charge in [0.2, 0.25) is 0 Å². The molecule has 0 saturated carbocycles. The second-order valence-corrected chi connectivity index (χ2v) is 5.27. The van der Waals surface area contributed by atoms with Crippen LogP contribution in [0.15, 0.2) is 54.6 Å². The van der Waals surface area contributed by atoms with Crippen molar-refractivity contribution in [1.82, 2.24) is 10.9 Å². The van der Waals surface area contributed by atoms with Crippen molar-refractivity contribution in [3.63, 3.8) is 0 Å². The maximum Gasteiger partial charge on any atom is 0.331 e. The molecule has 0 aliphatic rings. The fourth-order valence-electron chi connectivity index (χ4n) is 1.92. The van der Waals surface area contributed by atoms with Gasteiger partial charge in [0, 0.05) is 29.3 Å². The molecule has 10 heteroatoms. The molecule has 0 heterocycles. The van der Waals surface area contributed by atoms with Gasteiger partial charge in [-0.25, -0.2) is 9.18 Å². The monoisotopic (exact) mass is 387 g/mol. The third kappa shape index (κ3) is 6.02. The van der Waals surface area contributed by atoms with Gasteiger partial charge in [-0.3, -0.25) is 30.6 Å². The quantitative estimate of drug-likeness (QED) is 0.336. The summed E-state index contributed by atoms with van der Waals surface area (Å²) >= 11 is 0. The van der Waals surface area contributed by atoms with E-state index in [-0.39, 0.29) is 16.8 Å². The molecule has 0 aromatic heterocycles. The molecule has 28 heavy (non-hydrogen) atoms. The molecule has 0 aliphatic heterocycles. The first-order valence-electron chi connectivity index (χ1n) is 7.80. The first-order valence-corrected chi connectivity index (χ1v) is 7.80. The number of hydrazine groups is 1. The van der Waals surface area contributed by atoms with E-state index in [1.54, 1.807) is 6.07 Å². The molecule has 0 atom stereocenters. The Kier molecular flexibility index (Phi) is 6.92. The lowest BCUT2D eigenvalue weighted by Crippen LogP contribution is -2.43. The Morgan fingerprint density at radius 3 is 2.39 bits per heavy atom. The maximum absolute atomic E-state index is 13.4. The lowest BCUT2D eigenvalue weighted by Gasteiger charge is -2.07. The molecule has 0 fully saturated rings. The number of nitro benzene ring substituents is 1. The van der Waals surface area contributed by atoms with Crippen LogP contribution in [0.3, 0.4) is 0 Å². The predicted molar refractivity (Wildman–Crippen MR) is 95.1 cm³/mol. The Bertz CT molecular complexity index is 927. The number of non-ortho nitro benzene ring substituents is 1. The second kappa shape index (κ2) is 9.57. The standard InChI is InChI=1S/C18H14FN3O6/c19-15-4-2-1-3-12(15)7-10-17(24)28-11-16(23)20-21-18(25)13-5-8-14(9-6-13)22(26)27/h1-10H,11H2,(H,20,23)(H,21,25)/b10-7+. The number of ether oxygens (including phenoxy) is 1. The zero-order chi connectivity index (χ0) is 20.5. The summed E-state index contributed by atoms with van der Waals surface area (Å²) in [5.74, 6) is -2.92. The summed E-state index contributed by atoms with van der Waals surface area (Å²) in [4.78, 5) is 44.9. The maximum atomic E-state index is 13.4. The van der Waals surface area contributed by atoms with Gasteiger partial charge in [0.25, 0.3) is 17.5 Å². The number of nitrogens with zero attached hydrogens (tertiary/aromatic N) is 1. The van der Waals surface area contributed by atoms with Gasteiger partial charge in [-0.15, -0.1) is 0 Å². The third-order valence-corrected chi connectivity index (χ3v) is 3.31. The average Bonchev–Trinajstić information content (AvgIpc) is 2.69. The fraction of sp³-hybridized carbons (Fsp3) is 0.0556. The first kappa shape index (κ1) is 20.2. The summed E-state index contributed by atoms with van der Waals surface area (Å²) in [5.41, 5.74) is 4.17. The highest BCUT2D eigenvalue weighted by molar-refractivity contribution is 5.96. The zero-order valence-corrected chi connectivity index (χ0v) is 14.3. The van der Waals surface area contributed by atoms with E-state index >= 15 is 0 Å². The molecule has 0 saturated heterocycles. The summed E-state index contributed by atoms with van der Waals surface area (Å²) in [7, 11) is 0. The van der Waals surface area contributed by atoms with Crippen molar-refractivity contribution in [1.29, 1.82) is 0 Å². The summed E-state index contributed by atoms with van der Waals surface area (Å²) in [6.07, 6.45) is 2.16. The van der Waals surface area contributed by atoms with Crippen molar-refractivity contribution < 1.29 is 28.4 Å². The van der Waals surface area contributed by atoms with Crippen LogP contribution < -0.4 is 10.9 Å². The largest absolute Gasteiger partial charge is 0.452 e.